The van der Waals surface area contributed by atoms with E-state index in [1.54, 1.807) is 7.11 Å². The van der Waals surface area contributed by atoms with E-state index in [0.717, 1.165) is 57.4 Å². The second-order valence-corrected chi connectivity index (χ2v) is 11.4. The lowest BCUT2D eigenvalue weighted by Gasteiger charge is -2.26. The van der Waals surface area contributed by atoms with Crippen molar-refractivity contribution in [2.45, 2.75) is 26.6 Å². The molecule has 5 nitrogen and oxygen atoms in total. The van der Waals surface area contributed by atoms with Crippen LogP contribution in [-0.4, -0.2) is 17.3 Å². The first-order valence-electron chi connectivity index (χ1n) is 15.4. The average Bonchev–Trinajstić information content (AvgIpc) is 3.11. The van der Waals surface area contributed by atoms with Crippen LogP contribution in [0.15, 0.2) is 146 Å². The fourth-order valence-corrected chi connectivity index (χ4v) is 5.58. The number of aryl methyl sites for hydroxylation is 1. The van der Waals surface area contributed by atoms with E-state index in [1.807, 2.05) is 60.7 Å². The summed E-state index contributed by atoms with van der Waals surface area (Å²) in [6, 6.07) is 50.0. The number of methoxy groups -OCH3 is 1. The Morgan fingerprint density at radius 1 is 0.413 bits per heavy atom. The van der Waals surface area contributed by atoms with Gasteiger partial charge in [-0.15, -0.1) is 0 Å². The van der Waals surface area contributed by atoms with E-state index < -0.39 is 0 Å². The van der Waals surface area contributed by atoms with Crippen LogP contribution < -0.4 is 14.5 Å². The van der Waals surface area contributed by atoms with Gasteiger partial charge in [-0.2, -0.15) is 0 Å². The van der Waals surface area contributed by atoms with Crippen molar-refractivity contribution < 1.29 is 14.9 Å². The summed E-state index contributed by atoms with van der Waals surface area (Å²) >= 11 is 0. The van der Waals surface area contributed by atoms with Crippen LogP contribution in [-0.2, 0) is 19.6 Å². The molecule has 0 radical (unpaired) electrons. The molecule has 0 aliphatic carbocycles. The summed E-state index contributed by atoms with van der Waals surface area (Å²) in [7, 11) is 1.68. The van der Waals surface area contributed by atoms with Gasteiger partial charge in [0.15, 0.2) is 0 Å². The predicted molar refractivity (Wildman–Crippen MR) is 188 cm³/mol. The van der Waals surface area contributed by atoms with Crippen LogP contribution in [0.4, 0.5) is 34.1 Å². The summed E-state index contributed by atoms with van der Waals surface area (Å²) in [4.78, 5) is 4.44. The number of hydrogen-bond acceptors (Lipinski definition) is 5. The SMILES string of the molecule is COc1ccc(N(c2ccc(C)cc2)c2ccc(Cc3ccc(N(c4ccc(CO)cc4)c4ccc(CO)cc4)cc3)cc2)cc1. The molecule has 0 saturated heterocycles. The molecule has 0 fully saturated rings. The summed E-state index contributed by atoms with van der Waals surface area (Å²) in [5.41, 5.74) is 11.7. The molecule has 0 atom stereocenters. The smallest absolute Gasteiger partial charge is 0.119 e. The Hall–Kier alpha value is -5.36. The number of hydrogen-bond donors (Lipinski definition) is 2. The van der Waals surface area contributed by atoms with Crippen molar-refractivity contribution in [3.05, 3.63) is 173 Å². The van der Waals surface area contributed by atoms with Crippen LogP contribution in [0.5, 0.6) is 5.75 Å². The number of benzene rings is 6. The zero-order chi connectivity index (χ0) is 31.9. The van der Waals surface area contributed by atoms with Gasteiger partial charge >= 0.3 is 0 Å². The van der Waals surface area contributed by atoms with Gasteiger partial charge < -0.3 is 24.7 Å². The van der Waals surface area contributed by atoms with E-state index in [4.69, 9.17) is 4.74 Å². The van der Waals surface area contributed by atoms with Crippen LogP contribution >= 0.6 is 0 Å². The van der Waals surface area contributed by atoms with Crippen LogP contribution in [0.2, 0.25) is 0 Å². The van der Waals surface area contributed by atoms with E-state index in [9.17, 15) is 10.2 Å². The summed E-state index contributed by atoms with van der Waals surface area (Å²) in [6.45, 7) is 2.12. The summed E-state index contributed by atoms with van der Waals surface area (Å²) in [6.07, 6.45) is 0.810. The lowest BCUT2D eigenvalue weighted by atomic mass is 10.0. The van der Waals surface area contributed by atoms with Crippen LogP contribution in [0.1, 0.15) is 27.8 Å². The molecular formula is C41H38N2O3. The molecule has 2 N–H and O–H groups in total. The van der Waals surface area contributed by atoms with Crippen molar-refractivity contribution in [3.8, 4) is 5.75 Å². The predicted octanol–water partition coefficient (Wildman–Crippen LogP) is 9.52. The highest BCUT2D eigenvalue weighted by molar-refractivity contribution is 5.78. The minimum Gasteiger partial charge on any atom is -0.497 e. The molecule has 6 aromatic carbocycles. The maximum Gasteiger partial charge on any atom is 0.119 e. The van der Waals surface area contributed by atoms with Gasteiger partial charge in [0.05, 0.1) is 20.3 Å². The van der Waals surface area contributed by atoms with E-state index in [1.165, 1.54) is 16.7 Å². The Bertz CT molecular complexity index is 1780. The van der Waals surface area contributed by atoms with Crippen LogP contribution in [0.3, 0.4) is 0 Å². The number of aliphatic hydroxyl groups is 2. The molecule has 230 valence electrons. The van der Waals surface area contributed by atoms with E-state index >= 15 is 0 Å². The van der Waals surface area contributed by atoms with Crippen LogP contribution in [0.25, 0.3) is 0 Å². The maximum absolute atomic E-state index is 9.54. The molecule has 0 saturated carbocycles. The normalized spacial score (nSPS) is 10.9. The second-order valence-electron chi connectivity index (χ2n) is 11.4. The molecule has 0 spiro atoms. The monoisotopic (exact) mass is 606 g/mol. The first kappa shape index (κ1) is 30.7. The molecule has 46 heavy (non-hydrogen) atoms. The van der Waals surface area contributed by atoms with E-state index in [-0.39, 0.29) is 13.2 Å². The van der Waals surface area contributed by atoms with Crippen molar-refractivity contribution in [2.24, 2.45) is 0 Å². The minimum atomic E-state index is 0.00657. The number of nitrogens with zero attached hydrogens (tertiary/aromatic N) is 2. The van der Waals surface area contributed by atoms with Gasteiger partial charge in [-0.25, -0.2) is 0 Å². The first-order chi connectivity index (χ1) is 22.5. The summed E-state index contributed by atoms with van der Waals surface area (Å²) < 4.78 is 5.39. The Morgan fingerprint density at radius 3 is 1.00 bits per heavy atom. The first-order valence-corrected chi connectivity index (χ1v) is 15.4. The van der Waals surface area contributed by atoms with Crippen molar-refractivity contribution in [1.82, 2.24) is 0 Å². The molecule has 0 aliphatic rings. The molecule has 5 heteroatoms. The lowest BCUT2D eigenvalue weighted by molar-refractivity contribution is 0.281. The molecule has 0 amide bonds. The van der Waals surface area contributed by atoms with E-state index in [2.05, 4.69) is 102 Å². The highest BCUT2D eigenvalue weighted by Gasteiger charge is 2.15. The van der Waals surface area contributed by atoms with Crippen molar-refractivity contribution in [2.75, 3.05) is 16.9 Å². The second kappa shape index (κ2) is 14.2. The van der Waals surface area contributed by atoms with Gasteiger partial charge in [-0.3, -0.25) is 0 Å². The quantitative estimate of drug-likeness (QED) is 0.154. The molecule has 0 heterocycles. The van der Waals surface area contributed by atoms with Crippen molar-refractivity contribution in [1.29, 1.82) is 0 Å². The average molecular weight is 607 g/mol. The topological polar surface area (TPSA) is 56.2 Å². The van der Waals surface area contributed by atoms with Gasteiger partial charge in [0.25, 0.3) is 0 Å². The lowest BCUT2D eigenvalue weighted by Crippen LogP contribution is -2.10. The largest absolute Gasteiger partial charge is 0.497 e. The maximum atomic E-state index is 9.54. The number of anilines is 6. The Kier molecular flexibility index (Phi) is 9.44. The molecule has 0 unspecified atom stereocenters. The molecule has 6 rings (SSSR count). The van der Waals surface area contributed by atoms with Gasteiger partial charge in [0.1, 0.15) is 5.75 Å². The van der Waals surface area contributed by atoms with E-state index in [0.29, 0.717) is 0 Å². The van der Waals surface area contributed by atoms with Crippen molar-refractivity contribution >= 4 is 34.1 Å². The van der Waals surface area contributed by atoms with Gasteiger partial charge in [0, 0.05) is 34.1 Å². The summed E-state index contributed by atoms with van der Waals surface area (Å²) in [5, 5.41) is 19.1. The number of rotatable bonds is 11. The Labute approximate surface area is 271 Å². The zero-order valence-electron chi connectivity index (χ0n) is 26.2. The molecule has 6 aromatic rings. The van der Waals surface area contributed by atoms with Crippen LogP contribution in [0, 0.1) is 6.92 Å². The number of ether oxygens (including phenoxy) is 1. The standard InChI is InChI=1S/C41H38N2O3/c1-30-3-13-35(14-4-30)42(40-23-25-41(46-2)26-24-40)36-15-5-31(6-16-36)27-32-7-17-37(18-8-32)43(38-19-9-33(28-44)10-20-38)39-21-11-34(29-45)12-22-39/h3-26,44-45H,27-29H2,1-2H3. The van der Waals surface area contributed by atoms with Gasteiger partial charge in [-0.1, -0.05) is 66.2 Å². The summed E-state index contributed by atoms with van der Waals surface area (Å²) in [5.74, 6) is 0.830. The fraction of sp³-hybridized carbons (Fsp3) is 0.122. The third-order valence-electron chi connectivity index (χ3n) is 8.17. The highest BCUT2D eigenvalue weighted by atomic mass is 16.5. The Balaban J connectivity index is 1.24. The fourth-order valence-electron chi connectivity index (χ4n) is 5.58. The molecular weight excluding hydrogens is 568 g/mol. The highest BCUT2D eigenvalue weighted by Crippen LogP contribution is 2.37. The molecule has 0 bridgehead atoms. The zero-order valence-corrected chi connectivity index (χ0v) is 26.2. The Morgan fingerprint density at radius 2 is 0.696 bits per heavy atom. The molecule has 0 aliphatic heterocycles. The molecule has 0 aromatic heterocycles. The third-order valence-corrected chi connectivity index (χ3v) is 8.17. The van der Waals surface area contributed by atoms with Gasteiger partial charge in [0.2, 0.25) is 0 Å². The van der Waals surface area contributed by atoms with Crippen molar-refractivity contribution in [3.63, 3.8) is 0 Å². The minimum absolute atomic E-state index is 0.00657. The third kappa shape index (κ3) is 6.97. The van der Waals surface area contributed by atoms with Gasteiger partial charge in [-0.05, 0) is 121 Å². The number of aliphatic hydroxyl groups excluding tert-OH is 2.